The molecule has 1 aliphatic heterocycles. The van der Waals surface area contributed by atoms with Crippen LogP contribution in [0.5, 0.6) is 0 Å². The van der Waals surface area contributed by atoms with Crippen molar-refractivity contribution in [3.63, 3.8) is 0 Å². The fourth-order valence-corrected chi connectivity index (χ4v) is 3.49. The van der Waals surface area contributed by atoms with Gasteiger partial charge in [0, 0.05) is 37.1 Å². The van der Waals surface area contributed by atoms with Gasteiger partial charge in [-0.25, -0.2) is 9.48 Å². The maximum atomic E-state index is 12.8. The summed E-state index contributed by atoms with van der Waals surface area (Å²) in [5, 5.41) is 10.2. The quantitative estimate of drug-likeness (QED) is 0.713. The summed E-state index contributed by atoms with van der Waals surface area (Å²) in [5.41, 5.74) is 2.32. The molecule has 2 aromatic carbocycles. The lowest BCUT2D eigenvalue weighted by Crippen LogP contribution is -2.43. The number of aromatic nitrogens is 2. The van der Waals surface area contributed by atoms with Gasteiger partial charge in [0.25, 0.3) is 0 Å². The Morgan fingerprint density at radius 3 is 2.34 bits per heavy atom. The second kappa shape index (κ2) is 8.60. The maximum Gasteiger partial charge on any atom is 0.321 e. The predicted octanol–water partition coefficient (Wildman–Crippen LogP) is 3.75. The number of hydrogen-bond donors (Lipinski definition) is 2. The number of para-hydroxylation sites is 3. The lowest BCUT2D eigenvalue weighted by molar-refractivity contribution is -0.121. The lowest BCUT2D eigenvalue weighted by Gasteiger charge is -2.31. The van der Waals surface area contributed by atoms with E-state index in [0.717, 1.165) is 17.1 Å². The molecule has 29 heavy (non-hydrogen) atoms. The molecule has 0 radical (unpaired) electrons. The van der Waals surface area contributed by atoms with E-state index >= 15 is 0 Å². The van der Waals surface area contributed by atoms with E-state index in [0.29, 0.717) is 25.9 Å². The van der Waals surface area contributed by atoms with Crippen LogP contribution in [0.2, 0.25) is 0 Å². The summed E-state index contributed by atoms with van der Waals surface area (Å²) in [6.45, 7) is 1.11. The number of carbonyl (C=O) groups excluding carboxylic acids is 2. The average molecular weight is 389 g/mol. The highest BCUT2D eigenvalue weighted by Crippen LogP contribution is 2.23. The van der Waals surface area contributed by atoms with Crippen molar-refractivity contribution in [3.05, 3.63) is 73.1 Å². The topological polar surface area (TPSA) is 79.3 Å². The minimum atomic E-state index is -0.126. The zero-order valence-corrected chi connectivity index (χ0v) is 16.0. The maximum absolute atomic E-state index is 12.8. The number of benzene rings is 2. The standard InChI is InChI=1S/C22H23N5O2/c28-21(25-19-9-4-5-10-20(19)27-14-6-13-23-27)17-11-15-26(16-12-17)22(29)24-18-7-2-1-3-8-18/h1-10,13-14,17H,11-12,15-16H2,(H,24,29)(H,25,28). The zero-order chi connectivity index (χ0) is 20.1. The fraction of sp³-hybridized carbons (Fsp3) is 0.227. The highest BCUT2D eigenvalue weighted by atomic mass is 16.2. The molecular weight excluding hydrogens is 366 g/mol. The summed E-state index contributed by atoms with van der Waals surface area (Å²) in [6.07, 6.45) is 4.82. The Labute approximate surface area is 169 Å². The molecule has 0 atom stereocenters. The molecule has 2 N–H and O–H groups in total. The Hall–Kier alpha value is -3.61. The first kappa shape index (κ1) is 18.7. The second-order valence-corrected chi connectivity index (χ2v) is 7.01. The van der Waals surface area contributed by atoms with Gasteiger partial charge in [0.15, 0.2) is 0 Å². The number of likely N-dealkylation sites (tertiary alicyclic amines) is 1. The summed E-state index contributed by atoms with van der Waals surface area (Å²) < 4.78 is 1.73. The molecule has 0 saturated carbocycles. The average Bonchev–Trinajstić information content (AvgIpc) is 3.30. The van der Waals surface area contributed by atoms with Gasteiger partial charge in [-0.2, -0.15) is 5.10 Å². The van der Waals surface area contributed by atoms with Crippen LogP contribution in [0.1, 0.15) is 12.8 Å². The van der Waals surface area contributed by atoms with Gasteiger partial charge >= 0.3 is 6.03 Å². The molecule has 1 saturated heterocycles. The second-order valence-electron chi connectivity index (χ2n) is 7.01. The molecule has 7 heteroatoms. The van der Waals surface area contributed by atoms with Gasteiger partial charge in [-0.1, -0.05) is 30.3 Å². The van der Waals surface area contributed by atoms with E-state index in [1.54, 1.807) is 15.8 Å². The molecule has 4 rings (SSSR count). The number of nitrogens with one attached hydrogen (secondary N) is 2. The van der Waals surface area contributed by atoms with Crippen molar-refractivity contribution in [3.8, 4) is 5.69 Å². The number of rotatable bonds is 4. The Kier molecular flexibility index (Phi) is 5.56. The van der Waals surface area contributed by atoms with Crippen molar-refractivity contribution in [2.75, 3.05) is 23.7 Å². The highest BCUT2D eigenvalue weighted by Gasteiger charge is 2.27. The Bertz CT molecular complexity index is 964. The van der Waals surface area contributed by atoms with Crippen molar-refractivity contribution < 1.29 is 9.59 Å². The Morgan fingerprint density at radius 1 is 0.897 bits per heavy atom. The first-order valence-electron chi connectivity index (χ1n) is 9.71. The minimum Gasteiger partial charge on any atom is -0.324 e. The number of urea groups is 1. The number of nitrogens with zero attached hydrogens (tertiary/aromatic N) is 3. The molecule has 148 valence electrons. The van der Waals surface area contributed by atoms with Gasteiger partial charge in [-0.15, -0.1) is 0 Å². The third-order valence-electron chi connectivity index (χ3n) is 5.09. The van der Waals surface area contributed by atoms with E-state index < -0.39 is 0 Å². The van der Waals surface area contributed by atoms with Crippen molar-refractivity contribution in [2.24, 2.45) is 5.92 Å². The number of amides is 3. The lowest BCUT2D eigenvalue weighted by atomic mass is 9.96. The molecule has 2 heterocycles. The molecular formula is C22H23N5O2. The third kappa shape index (κ3) is 4.45. The largest absolute Gasteiger partial charge is 0.324 e. The van der Waals surface area contributed by atoms with E-state index in [1.807, 2.05) is 66.9 Å². The third-order valence-corrected chi connectivity index (χ3v) is 5.09. The summed E-state index contributed by atoms with van der Waals surface area (Å²) in [6, 6.07) is 18.7. The van der Waals surface area contributed by atoms with Gasteiger partial charge in [-0.05, 0) is 43.2 Å². The Balaban J connectivity index is 1.34. The molecule has 1 aliphatic rings. The van der Waals surface area contributed by atoms with Crippen LogP contribution in [0.4, 0.5) is 16.2 Å². The van der Waals surface area contributed by atoms with Crippen molar-refractivity contribution in [1.29, 1.82) is 0 Å². The van der Waals surface area contributed by atoms with Crippen LogP contribution in [0.3, 0.4) is 0 Å². The van der Waals surface area contributed by atoms with Crippen LogP contribution in [0.25, 0.3) is 5.69 Å². The molecule has 1 aromatic heterocycles. The van der Waals surface area contributed by atoms with Gasteiger partial charge < -0.3 is 15.5 Å². The summed E-state index contributed by atoms with van der Waals surface area (Å²) in [5.74, 6) is -0.144. The molecule has 0 unspecified atom stereocenters. The first-order valence-corrected chi connectivity index (χ1v) is 9.71. The predicted molar refractivity (Wildman–Crippen MR) is 112 cm³/mol. The molecule has 0 bridgehead atoms. The zero-order valence-electron chi connectivity index (χ0n) is 16.0. The van der Waals surface area contributed by atoms with Gasteiger partial charge in [-0.3, -0.25) is 4.79 Å². The normalized spacial score (nSPS) is 14.4. The Morgan fingerprint density at radius 2 is 1.62 bits per heavy atom. The smallest absolute Gasteiger partial charge is 0.321 e. The van der Waals surface area contributed by atoms with E-state index in [2.05, 4.69) is 15.7 Å². The number of hydrogen-bond acceptors (Lipinski definition) is 3. The summed E-state index contributed by atoms with van der Waals surface area (Å²) in [4.78, 5) is 27.0. The van der Waals surface area contributed by atoms with Crippen LogP contribution in [0.15, 0.2) is 73.1 Å². The van der Waals surface area contributed by atoms with Crippen LogP contribution in [-0.4, -0.2) is 39.7 Å². The van der Waals surface area contributed by atoms with Gasteiger partial charge in [0.2, 0.25) is 5.91 Å². The number of carbonyl (C=O) groups is 2. The van der Waals surface area contributed by atoms with E-state index in [4.69, 9.17) is 0 Å². The van der Waals surface area contributed by atoms with Crippen LogP contribution < -0.4 is 10.6 Å². The highest BCUT2D eigenvalue weighted by molar-refractivity contribution is 5.95. The van der Waals surface area contributed by atoms with Gasteiger partial charge in [0.1, 0.15) is 0 Å². The van der Waals surface area contributed by atoms with Gasteiger partial charge in [0.05, 0.1) is 11.4 Å². The van der Waals surface area contributed by atoms with Crippen molar-refractivity contribution in [2.45, 2.75) is 12.8 Å². The van der Waals surface area contributed by atoms with Crippen LogP contribution >= 0.6 is 0 Å². The van der Waals surface area contributed by atoms with Crippen LogP contribution in [-0.2, 0) is 4.79 Å². The van der Waals surface area contributed by atoms with Crippen molar-refractivity contribution >= 4 is 23.3 Å². The molecule has 0 aliphatic carbocycles. The number of piperidine rings is 1. The molecule has 1 fully saturated rings. The van der Waals surface area contributed by atoms with Crippen molar-refractivity contribution in [1.82, 2.24) is 14.7 Å². The number of anilines is 2. The summed E-state index contributed by atoms with van der Waals surface area (Å²) >= 11 is 0. The van der Waals surface area contributed by atoms with E-state index in [-0.39, 0.29) is 17.9 Å². The van der Waals surface area contributed by atoms with Crippen LogP contribution in [0, 0.1) is 5.92 Å². The molecule has 3 aromatic rings. The van der Waals surface area contributed by atoms with E-state index in [1.165, 1.54) is 0 Å². The SMILES string of the molecule is O=C(Nc1ccccc1-n1cccn1)C1CCN(C(=O)Nc2ccccc2)CC1. The first-order chi connectivity index (χ1) is 14.2. The van der Waals surface area contributed by atoms with E-state index in [9.17, 15) is 9.59 Å². The molecule has 0 spiro atoms. The minimum absolute atomic E-state index is 0.0206. The fourth-order valence-electron chi connectivity index (χ4n) is 3.49. The summed E-state index contributed by atoms with van der Waals surface area (Å²) in [7, 11) is 0. The molecule has 3 amide bonds. The molecule has 7 nitrogen and oxygen atoms in total. The monoisotopic (exact) mass is 389 g/mol.